The minimum atomic E-state index is -4.35. The van der Waals surface area contributed by atoms with Crippen LogP contribution in [0.25, 0.3) is 10.8 Å². The van der Waals surface area contributed by atoms with Gasteiger partial charge < -0.3 is 14.4 Å². The summed E-state index contributed by atoms with van der Waals surface area (Å²) in [6.07, 6.45) is 0. The number of hydrogen-bond acceptors (Lipinski definition) is 5. The molecular weight excluding hydrogens is 375 g/mol. The summed E-state index contributed by atoms with van der Waals surface area (Å²) in [5, 5.41) is 20.6. The van der Waals surface area contributed by atoms with Crippen LogP contribution in [0.3, 0.4) is 0 Å². The molecule has 0 aliphatic rings. The molecule has 3 aromatic carbocycles. The van der Waals surface area contributed by atoms with Gasteiger partial charge >= 0.3 is 10.1 Å². The van der Waals surface area contributed by atoms with Crippen LogP contribution in [0.2, 0.25) is 10.0 Å². The standard InChI is InChI=1S/C16H10Cl2O5S/c17-11-7-14(18)16(20)15(8-11)24(21,22)23-13-4-2-9-1-3-12(19)5-10(9)6-13/h1-8,19-20H. The molecule has 24 heavy (non-hydrogen) atoms. The molecule has 0 radical (unpaired) electrons. The van der Waals surface area contributed by atoms with Gasteiger partial charge in [-0.3, -0.25) is 0 Å². The third-order valence-electron chi connectivity index (χ3n) is 3.26. The zero-order valence-corrected chi connectivity index (χ0v) is 14.2. The highest BCUT2D eigenvalue weighted by atomic mass is 35.5. The van der Waals surface area contributed by atoms with Crippen molar-refractivity contribution in [3.8, 4) is 17.2 Å². The second kappa shape index (κ2) is 6.05. The first kappa shape index (κ1) is 16.7. The average Bonchev–Trinajstić information content (AvgIpc) is 2.50. The smallest absolute Gasteiger partial charge is 0.343 e. The van der Waals surface area contributed by atoms with Crippen molar-refractivity contribution in [1.82, 2.24) is 0 Å². The fourth-order valence-electron chi connectivity index (χ4n) is 2.17. The summed E-state index contributed by atoms with van der Waals surface area (Å²) in [5.41, 5.74) is 0. The van der Waals surface area contributed by atoms with Gasteiger partial charge in [-0.05, 0) is 47.2 Å². The number of phenolic OH excluding ortho intramolecular Hbond substituents is 2. The topological polar surface area (TPSA) is 83.8 Å². The van der Waals surface area contributed by atoms with E-state index in [9.17, 15) is 18.6 Å². The van der Waals surface area contributed by atoms with Crippen molar-refractivity contribution >= 4 is 44.1 Å². The van der Waals surface area contributed by atoms with Crippen molar-refractivity contribution in [2.24, 2.45) is 0 Å². The molecule has 8 heteroatoms. The zero-order valence-electron chi connectivity index (χ0n) is 11.9. The van der Waals surface area contributed by atoms with Crippen LogP contribution in [0.4, 0.5) is 0 Å². The van der Waals surface area contributed by atoms with E-state index in [0.29, 0.717) is 5.39 Å². The first-order valence-electron chi connectivity index (χ1n) is 6.61. The van der Waals surface area contributed by atoms with Crippen LogP contribution >= 0.6 is 23.2 Å². The van der Waals surface area contributed by atoms with Crippen molar-refractivity contribution in [2.45, 2.75) is 4.90 Å². The summed E-state index contributed by atoms with van der Waals surface area (Å²) in [5.74, 6) is -0.579. The molecule has 3 aromatic rings. The summed E-state index contributed by atoms with van der Waals surface area (Å²) in [4.78, 5) is -0.531. The van der Waals surface area contributed by atoms with E-state index >= 15 is 0 Å². The van der Waals surface area contributed by atoms with Gasteiger partial charge in [-0.2, -0.15) is 8.42 Å². The Kier molecular flexibility index (Phi) is 4.21. The number of aromatic hydroxyl groups is 2. The maximum Gasteiger partial charge on any atom is 0.343 e. The number of halogens is 2. The minimum absolute atomic E-state index is 0.0172. The monoisotopic (exact) mass is 384 g/mol. The number of rotatable bonds is 3. The van der Waals surface area contributed by atoms with Gasteiger partial charge in [-0.1, -0.05) is 35.3 Å². The van der Waals surface area contributed by atoms with Crippen LogP contribution in [0.15, 0.2) is 53.4 Å². The van der Waals surface area contributed by atoms with Crippen molar-refractivity contribution in [3.05, 3.63) is 58.6 Å². The molecule has 0 aromatic heterocycles. The maximum absolute atomic E-state index is 12.4. The lowest BCUT2D eigenvalue weighted by atomic mass is 10.1. The second-order valence-electron chi connectivity index (χ2n) is 4.97. The molecule has 0 fully saturated rings. The highest BCUT2D eigenvalue weighted by Crippen LogP contribution is 2.36. The molecule has 0 spiro atoms. The largest absolute Gasteiger partial charge is 0.508 e. The normalized spacial score (nSPS) is 11.6. The molecule has 0 atom stereocenters. The lowest BCUT2D eigenvalue weighted by molar-refractivity contribution is 0.445. The van der Waals surface area contributed by atoms with Crippen molar-refractivity contribution in [3.63, 3.8) is 0 Å². The molecular formula is C16H10Cl2O5S. The number of benzene rings is 3. The molecule has 0 aliphatic heterocycles. The molecule has 0 saturated carbocycles. The Hall–Kier alpha value is -2.15. The molecule has 0 saturated heterocycles. The Bertz CT molecular complexity index is 1050. The van der Waals surface area contributed by atoms with Gasteiger partial charge in [0.05, 0.1) is 5.02 Å². The zero-order chi connectivity index (χ0) is 17.5. The van der Waals surface area contributed by atoms with Gasteiger partial charge in [-0.25, -0.2) is 0 Å². The summed E-state index contributed by atoms with van der Waals surface area (Å²) in [6.45, 7) is 0. The van der Waals surface area contributed by atoms with Gasteiger partial charge in [0, 0.05) is 5.02 Å². The molecule has 3 rings (SSSR count). The second-order valence-corrected chi connectivity index (χ2v) is 7.32. The highest BCUT2D eigenvalue weighted by molar-refractivity contribution is 7.87. The lowest BCUT2D eigenvalue weighted by Crippen LogP contribution is -2.10. The van der Waals surface area contributed by atoms with E-state index in [1.165, 1.54) is 30.3 Å². The number of phenols is 2. The van der Waals surface area contributed by atoms with Crippen LogP contribution < -0.4 is 4.18 Å². The Morgan fingerprint density at radius 3 is 2.33 bits per heavy atom. The fourth-order valence-corrected chi connectivity index (χ4v) is 3.85. The Morgan fingerprint density at radius 2 is 1.58 bits per heavy atom. The molecule has 124 valence electrons. The Morgan fingerprint density at radius 1 is 0.875 bits per heavy atom. The summed E-state index contributed by atoms with van der Waals surface area (Å²) in [6, 6.07) is 11.5. The first-order chi connectivity index (χ1) is 11.3. The SMILES string of the molecule is O=S(=O)(Oc1ccc2ccc(O)cc2c1)c1cc(Cl)cc(Cl)c1O. The predicted octanol–water partition coefficient (Wildman–Crippen LogP) is 4.33. The summed E-state index contributed by atoms with van der Waals surface area (Å²) >= 11 is 11.5. The van der Waals surface area contributed by atoms with E-state index in [-0.39, 0.29) is 21.5 Å². The van der Waals surface area contributed by atoms with Crippen LogP contribution in [0.5, 0.6) is 17.2 Å². The fraction of sp³-hybridized carbons (Fsp3) is 0. The number of hydrogen-bond donors (Lipinski definition) is 2. The van der Waals surface area contributed by atoms with E-state index in [4.69, 9.17) is 27.4 Å². The molecule has 2 N–H and O–H groups in total. The van der Waals surface area contributed by atoms with E-state index < -0.39 is 20.8 Å². The van der Waals surface area contributed by atoms with Crippen LogP contribution in [0, 0.1) is 0 Å². The van der Waals surface area contributed by atoms with Gasteiger partial charge in [0.2, 0.25) is 0 Å². The van der Waals surface area contributed by atoms with Crippen LogP contribution in [-0.4, -0.2) is 18.6 Å². The van der Waals surface area contributed by atoms with Crippen molar-refractivity contribution in [2.75, 3.05) is 0 Å². The van der Waals surface area contributed by atoms with Gasteiger partial charge in [0.1, 0.15) is 11.5 Å². The van der Waals surface area contributed by atoms with E-state index in [0.717, 1.165) is 11.5 Å². The minimum Gasteiger partial charge on any atom is -0.508 e. The quantitative estimate of drug-likeness (QED) is 0.656. The molecule has 5 nitrogen and oxygen atoms in total. The maximum atomic E-state index is 12.4. The summed E-state index contributed by atoms with van der Waals surface area (Å²) < 4.78 is 29.8. The van der Waals surface area contributed by atoms with Gasteiger partial charge in [-0.15, -0.1) is 0 Å². The highest BCUT2D eigenvalue weighted by Gasteiger charge is 2.24. The molecule has 0 aliphatic carbocycles. The first-order valence-corrected chi connectivity index (χ1v) is 8.78. The molecule has 0 amide bonds. The molecule has 0 heterocycles. The third kappa shape index (κ3) is 3.21. The molecule has 0 bridgehead atoms. The average molecular weight is 385 g/mol. The predicted molar refractivity (Wildman–Crippen MR) is 91.6 cm³/mol. The Labute approximate surface area is 147 Å². The van der Waals surface area contributed by atoms with Gasteiger partial charge in [0.25, 0.3) is 0 Å². The van der Waals surface area contributed by atoms with E-state index in [1.807, 2.05) is 0 Å². The molecule has 0 unspecified atom stereocenters. The lowest BCUT2D eigenvalue weighted by Gasteiger charge is -2.10. The summed E-state index contributed by atoms with van der Waals surface area (Å²) in [7, 11) is -4.35. The van der Waals surface area contributed by atoms with Gasteiger partial charge in [0.15, 0.2) is 10.6 Å². The number of fused-ring (bicyclic) bond motifs is 1. The third-order valence-corrected chi connectivity index (χ3v) is 5.03. The van der Waals surface area contributed by atoms with E-state index in [2.05, 4.69) is 0 Å². The van der Waals surface area contributed by atoms with Crippen molar-refractivity contribution in [1.29, 1.82) is 0 Å². The van der Waals surface area contributed by atoms with Crippen molar-refractivity contribution < 1.29 is 22.8 Å². The Balaban J connectivity index is 2.04. The van der Waals surface area contributed by atoms with Crippen LogP contribution in [-0.2, 0) is 10.1 Å². The van der Waals surface area contributed by atoms with Crippen LogP contribution in [0.1, 0.15) is 0 Å². The van der Waals surface area contributed by atoms with E-state index in [1.54, 1.807) is 12.1 Å².